The number of hydrogen-bond acceptors (Lipinski definition) is 3. The number of aryl methyl sites for hydroxylation is 2. The molecule has 2 aromatic carbocycles. The molecular weight excluding hydrogens is 302 g/mol. The first-order valence-corrected chi connectivity index (χ1v) is 6.64. The van der Waals surface area contributed by atoms with Gasteiger partial charge in [0.15, 0.2) is 0 Å². The molecule has 0 aliphatic heterocycles. The van der Waals surface area contributed by atoms with E-state index in [0.717, 1.165) is 27.0 Å². The van der Waals surface area contributed by atoms with Gasteiger partial charge in [0.25, 0.3) is 0 Å². The SMILES string of the molecule is Cc1cc(Nc2cc(C#N)ccc2N)cc(C)c1Br. The highest BCUT2D eigenvalue weighted by Gasteiger charge is 2.05. The summed E-state index contributed by atoms with van der Waals surface area (Å²) < 4.78 is 1.11. The van der Waals surface area contributed by atoms with Crippen LogP contribution in [0.3, 0.4) is 0 Å². The number of benzene rings is 2. The Labute approximate surface area is 121 Å². The van der Waals surface area contributed by atoms with Crippen molar-refractivity contribution in [2.75, 3.05) is 11.1 Å². The Hall–Kier alpha value is -1.99. The van der Waals surface area contributed by atoms with Gasteiger partial charge >= 0.3 is 0 Å². The molecule has 0 aliphatic rings. The summed E-state index contributed by atoms with van der Waals surface area (Å²) in [7, 11) is 0. The molecule has 2 rings (SSSR count). The van der Waals surface area contributed by atoms with Crippen LogP contribution in [0.1, 0.15) is 16.7 Å². The molecule has 0 atom stereocenters. The van der Waals surface area contributed by atoms with E-state index in [1.165, 1.54) is 0 Å². The van der Waals surface area contributed by atoms with Gasteiger partial charge in [-0.05, 0) is 55.3 Å². The van der Waals surface area contributed by atoms with Gasteiger partial charge in [-0.3, -0.25) is 0 Å². The maximum atomic E-state index is 8.92. The molecule has 96 valence electrons. The molecule has 0 heterocycles. The predicted molar refractivity (Wildman–Crippen MR) is 82.5 cm³/mol. The third kappa shape index (κ3) is 2.88. The second-order valence-corrected chi connectivity index (χ2v) is 5.26. The summed E-state index contributed by atoms with van der Waals surface area (Å²) in [6.45, 7) is 4.08. The van der Waals surface area contributed by atoms with Crippen LogP contribution in [-0.2, 0) is 0 Å². The lowest BCUT2D eigenvalue weighted by Gasteiger charge is -2.12. The van der Waals surface area contributed by atoms with Gasteiger partial charge in [-0.15, -0.1) is 0 Å². The lowest BCUT2D eigenvalue weighted by Crippen LogP contribution is -1.98. The average molecular weight is 316 g/mol. The number of nitrogens with two attached hydrogens (primary N) is 1. The Kier molecular flexibility index (Phi) is 3.77. The van der Waals surface area contributed by atoms with E-state index in [1.807, 2.05) is 26.0 Å². The molecule has 0 radical (unpaired) electrons. The summed E-state index contributed by atoms with van der Waals surface area (Å²) in [5.74, 6) is 0. The Bertz CT molecular complexity index is 649. The molecule has 0 fully saturated rings. The van der Waals surface area contributed by atoms with Crippen molar-refractivity contribution in [2.45, 2.75) is 13.8 Å². The van der Waals surface area contributed by atoms with Gasteiger partial charge in [0, 0.05) is 10.2 Å². The van der Waals surface area contributed by atoms with Crippen LogP contribution >= 0.6 is 15.9 Å². The zero-order valence-corrected chi connectivity index (χ0v) is 12.4. The lowest BCUT2D eigenvalue weighted by molar-refractivity contribution is 1.33. The quantitative estimate of drug-likeness (QED) is 0.814. The van der Waals surface area contributed by atoms with Crippen molar-refractivity contribution >= 4 is 33.0 Å². The highest BCUT2D eigenvalue weighted by molar-refractivity contribution is 9.10. The number of hydrogen-bond donors (Lipinski definition) is 2. The van der Waals surface area contributed by atoms with Gasteiger partial charge in [-0.2, -0.15) is 5.26 Å². The molecule has 0 amide bonds. The first-order chi connectivity index (χ1) is 9.01. The van der Waals surface area contributed by atoms with Crippen molar-refractivity contribution in [2.24, 2.45) is 0 Å². The minimum Gasteiger partial charge on any atom is -0.397 e. The fraction of sp³-hybridized carbons (Fsp3) is 0.133. The fourth-order valence-corrected chi connectivity index (χ4v) is 2.14. The number of nitrogen functional groups attached to an aromatic ring is 1. The smallest absolute Gasteiger partial charge is 0.0992 e. The van der Waals surface area contributed by atoms with Crippen LogP contribution in [-0.4, -0.2) is 0 Å². The van der Waals surface area contributed by atoms with Gasteiger partial charge in [-0.25, -0.2) is 0 Å². The van der Waals surface area contributed by atoms with E-state index in [1.54, 1.807) is 18.2 Å². The fourth-order valence-electron chi connectivity index (χ4n) is 1.91. The van der Waals surface area contributed by atoms with Gasteiger partial charge in [0.05, 0.1) is 23.0 Å². The monoisotopic (exact) mass is 315 g/mol. The van der Waals surface area contributed by atoms with Crippen LogP contribution in [0.25, 0.3) is 0 Å². The molecule has 3 nitrogen and oxygen atoms in total. The lowest BCUT2D eigenvalue weighted by atomic mass is 10.1. The first-order valence-electron chi connectivity index (χ1n) is 5.84. The number of nitriles is 1. The highest BCUT2D eigenvalue weighted by atomic mass is 79.9. The molecule has 19 heavy (non-hydrogen) atoms. The van der Waals surface area contributed by atoms with Crippen LogP contribution < -0.4 is 11.1 Å². The van der Waals surface area contributed by atoms with Gasteiger partial charge in [0.2, 0.25) is 0 Å². The Morgan fingerprint density at radius 2 is 1.79 bits per heavy atom. The van der Waals surface area contributed by atoms with Crippen molar-refractivity contribution in [1.82, 2.24) is 0 Å². The van der Waals surface area contributed by atoms with Crippen LogP contribution in [0, 0.1) is 25.2 Å². The van der Waals surface area contributed by atoms with Crippen LogP contribution in [0.2, 0.25) is 0 Å². The second-order valence-electron chi connectivity index (χ2n) is 4.46. The van der Waals surface area contributed by atoms with Gasteiger partial charge in [-0.1, -0.05) is 15.9 Å². The van der Waals surface area contributed by atoms with Gasteiger partial charge < -0.3 is 11.1 Å². The molecule has 0 saturated carbocycles. The standard InChI is InChI=1S/C15H14BrN3/c1-9-5-12(6-10(2)15(9)16)19-14-7-11(8-17)3-4-13(14)18/h3-7,19H,18H2,1-2H3. The zero-order chi connectivity index (χ0) is 14.0. The summed E-state index contributed by atoms with van der Waals surface area (Å²) in [4.78, 5) is 0. The molecular formula is C15H14BrN3. The van der Waals surface area contributed by atoms with Gasteiger partial charge in [0.1, 0.15) is 0 Å². The van der Waals surface area contributed by atoms with Crippen molar-refractivity contribution in [3.8, 4) is 6.07 Å². The number of rotatable bonds is 2. The topological polar surface area (TPSA) is 61.8 Å². The van der Waals surface area contributed by atoms with E-state index >= 15 is 0 Å². The summed E-state index contributed by atoms with van der Waals surface area (Å²) >= 11 is 3.54. The predicted octanol–water partition coefficient (Wildman–Crippen LogP) is 4.26. The normalized spacial score (nSPS) is 10.0. The Morgan fingerprint density at radius 1 is 1.16 bits per heavy atom. The second kappa shape index (κ2) is 5.33. The average Bonchev–Trinajstić information content (AvgIpc) is 2.38. The molecule has 3 N–H and O–H groups in total. The molecule has 0 saturated heterocycles. The number of halogens is 1. The molecule has 0 bridgehead atoms. The van der Waals surface area contributed by atoms with E-state index < -0.39 is 0 Å². The Morgan fingerprint density at radius 3 is 2.37 bits per heavy atom. The third-order valence-corrected chi connectivity index (χ3v) is 4.15. The van der Waals surface area contributed by atoms with Crippen LogP contribution in [0.15, 0.2) is 34.8 Å². The largest absolute Gasteiger partial charge is 0.397 e. The molecule has 0 aliphatic carbocycles. The highest BCUT2D eigenvalue weighted by Crippen LogP contribution is 2.29. The van der Waals surface area contributed by atoms with Crippen molar-refractivity contribution in [1.29, 1.82) is 5.26 Å². The maximum absolute atomic E-state index is 8.92. The first kappa shape index (κ1) is 13.4. The molecule has 0 aromatic heterocycles. The molecule has 2 aromatic rings. The van der Waals surface area contributed by atoms with E-state index in [2.05, 4.69) is 27.3 Å². The minimum absolute atomic E-state index is 0.585. The summed E-state index contributed by atoms with van der Waals surface area (Å²) in [5, 5.41) is 12.2. The van der Waals surface area contributed by atoms with E-state index in [9.17, 15) is 0 Å². The zero-order valence-electron chi connectivity index (χ0n) is 10.8. The van der Waals surface area contributed by atoms with Crippen molar-refractivity contribution in [3.63, 3.8) is 0 Å². The third-order valence-electron chi connectivity index (χ3n) is 2.90. The number of anilines is 3. The van der Waals surface area contributed by atoms with E-state index in [0.29, 0.717) is 11.3 Å². The molecule has 0 unspecified atom stereocenters. The summed E-state index contributed by atoms with van der Waals surface area (Å²) in [6, 6.07) is 11.4. The summed E-state index contributed by atoms with van der Waals surface area (Å²) in [6.07, 6.45) is 0. The minimum atomic E-state index is 0.585. The maximum Gasteiger partial charge on any atom is 0.0992 e. The van der Waals surface area contributed by atoms with Crippen molar-refractivity contribution in [3.05, 3.63) is 51.5 Å². The number of nitrogens with zero attached hydrogens (tertiary/aromatic N) is 1. The summed E-state index contributed by atoms with van der Waals surface area (Å²) in [5.41, 5.74) is 11.1. The van der Waals surface area contributed by atoms with Crippen LogP contribution in [0.4, 0.5) is 17.1 Å². The van der Waals surface area contributed by atoms with E-state index in [-0.39, 0.29) is 0 Å². The van der Waals surface area contributed by atoms with Crippen LogP contribution in [0.5, 0.6) is 0 Å². The van der Waals surface area contributed by atoms with Crippen molar-refractivity contribution < 1.29 is 0 Å². The van der Waals surface area contributed by atoms with E-state index in [4.69, 9.17) is 11.0 Å². The number of nitrogens with one attached hydrogen (secondary N) is 1. The Balaban J connectivity index is 2.39. The molecule has 0 spiro atoms. The molecule has 4 heteroatoms.